The number of aryl methyl sites for hydroxylation is 1. The van der Waals surface area contributed by atoms with E-state index in [1.165, 1.54) is 11.3 Å². The lowest BCUT2D eigenvalue weighted by atomic mass is 10.2. The SMILES string of the molecule is Cc1ccc(C(=O)NCC(=O)NC2COC2)s1. The highest BCUT2D eigenvalue weighted by Gasteiger charge is 2.20. The lowest BCUT2D eigenvalue weighted by Crippen LogP contribution is -2.51. The van der Waals surface area contributed by atoms with Gasteiger partial charge in [-0.25, -0.2) is 0 Å². The first kappa shape index (κ1) is 12.1. The summed E-state index contributed by atoms with van der Waals surface area (Å²) in [6, 6.07) is 3.74. The Morgan fingerprint density at radius 3 is 2.76 bits per heavy atom. The van der Waals surface area contributed by atoms with Crippen molar-refractivity contribution in [3.8, 4) is 0 Å². The Bertz CT molecular complexity index is 426. The highest BCUT2D eigenvalue weighted by molar-refractivity contribution is 7.13. The van der Waals surface area contributed by atoms with E-state index < -0.39 is 0 Å². The molecule has 92 valence electrons. The summed E-state index contributed by atoms with van der Waals surface area (Å²) >= 11 is 1.41. The summed E-state index contributed by atoms with van der Waals surface area (Å²) in [7, 11) is 0. The van der Waals surface area contributed by atoms with Crippen molar-refractivity contribution < 1.29 is 14.3 Å². The third-order valence-electron chi connectivity index (χ3n) is 2.38. The minimum Gasteiger partial charge on any atom is -0.377 e. The van der Waals surface area contributed by atoms with Crippen molar-refractivity contribution in [3.05, 3.63) is 21.9 Å². The van der Waals surface area contributed by atoms with Crippen LogP contribution in [0.25, 0.3) is 0 Å². The van der Waals surface area contributed by atoms with Crippen LogP contribution < -0.4 is 10.6 Å². The summed E-state index contributed by atoms with van der Waals surface area (Å²) in [6.45, 7) is 3.06. The maximum Gasteiger partial charge on any atom is 0.261 e. The fourth-order valence-corrected chi connectivity index (χ4v) is 2.19. The lowest BCUT2D eigenvalue weighted by Gasteiger charge is -2.26. The monoisotopic (exact) mass is 254 g/mol. The number of hydrogen-bond acceptors (Lipinski definition) is 4. The molecule has 0 bridgehead atoms. The van der Waals surface area contributed by atoms with Crippen molar-refractivity contribution in [1.82, 2.24) is 10.6 Å². The summed E-state index contributed by atoms with van der Waals surface area (Å²) in [4.78, 5) is 24.7. The van der Waals surface area contributed by atoms with Gasteiger partial charge < -0.3 is 15.4 Å². The van der Waals surface area contributed by atoms with E-state index in [-0.39, 0.29) is 24.4 Å². The molecule has 0 unspecified atom stereocenters. The largest absolute Gasteiger partial charge is 0.377 e. The molecule has 0 aromatic carbocycles. The molecule has 2 N–H and O–H groups in total. The van der Waals surface area contributed by atoms with E-state index in [2.05, 4.69) is 10.6 Å². The van der Waals surface area contributed by atoms with Gasteiger partial charge in [-0.3, -0.25) is 9.59 Å². The van der Waals surface area contributed by atoms with E-state index in [1.54, 1.807) is 6.07 Å². The van der Waals surface area contributed by atoms with E-state index in [0.717, 1.165) is 4.88 Å². The van der Waals surface area contributed by atoms with E-state index in [4.69, 9.17) is 4.74 Å². The molecule has 0 spiro atoms. The number of thiophene rings is 1. The Morgan fingerprint density at radius 1 is 1.47 bits per heavy atom. The Kier molecular flexibility index (Phi) is 3.75. The summed E-state index contributed by atoms with van der Waals surface area (Å²) < 4.78 is 4.93. The molecule has 0 atom stereocenters. The summed E-state index contributed by atoms with van der Waals surface area (Å²) in [6.07, 6.45) is 0. The molecule has 0 radical (unpaired) electrons. The molecule has 1 aliphatic heterocycles. The minimum atomic E-state index is -0.205. The van der Waals surface area contributed by atoms with E-state index in [9.17, 15) is 9.59 Å². The van der Waals surface area contributed by atoms with Crippen LogP contribution in [-0.4, -0.2) is 37.6 Å². The van der Waals surface area contributed by atoms with Crippen LogP contribution >= 0.6 is 11.3 Å². The molecule has 1 fully saturated rings. The average molecular weight is 254 g/mol. The first-order valence-corrected chi connectivity index (χ1v) is 6.18. The van der Waals surface area contributed by atoms with Gasteiger partial charge in [-0.05, 0) is 19.1 Å². The zero-order chi connectivity index (χ0) is 12.3. The van der Waals surface area contributed by atoms with Gasteiger partial charge in [0.05, 0.1) is 30.7 Å². The van der Waals surface area contributed by atoms with Crippen LogP contribution in [0.4, 0.5) is 0 Å². The number of ether oxygens (including phenoxy) is 1. The second-order valence-corrected chi connectivity index (χ2v) is 5.18. The van der Waals surface area contributed by atoms with E-state index >= 15 is 0 Å². The first-order valence-electron chi connectivity index (χ1n) is 5.37. The van der Waals surface area contributed by atoms with Crippen molar-refractivity contribution in [3.63, 3.8) is 0 Å². The molecule has 2 heterocycles. The predicted molar refractivity (Wildman–Crippen MR) is 64.1 cm³/mol. The third-order valence-corrected chi connectivity index (χ3v) is 3.38. The molecule has 2 rings (SSSR count). The van der Waals surface area contributed by atoms with Crippen LogP contribution in [0.3, 0.4) is 0 Å². The van der Waals surface area contributed by atoms with Crippen molar-refractivity contribution in [2.24, 2.45) is 0 Å². The molecule has 6 heteroatoms. The lowest BCUT2D eigenvalue weighted by molar-refractivity contribution is -0.124. The smallest absolute Gasteiger partial charge is 0.261 e. The van der Waals surface area contributed by atoms with E-state index in [0.29, 0.717) is 18.1 Å². The normalized spacial score (nSPS) is 15.1. The van der Waals surface area contributed by atoms with Crippen molar-refractivity contribution in [2.75, 3.05) is 19.8 Å². The fourth-order valence-electron chi connectivity index (χ4n) is 1.40. The molecule has 17 heavy (non-hydrogen) atoms. The number of nitrogens with one attached hydrogen (secondary N) is 2. The fraction of sp³-hybridized carbons (Fsp3) is 0.455. The number of rotatable bonds is 4. The number of amides is 2. The zero-order valence-corrected chi connectivity index (χ0v) is 10.3. The Labute approximate surface area is 103 Å². The van der Waals surface area contributed by atoms with Crippen LogP contribution in [0.15, 0.2) is 12.1 Å². The van der Waals surface area contributed by atoms with Crippen molar-refractivity contribution in [2.45, 2.75) is 13.0 Å². The number of hydrogen-bond donors (Lipinski definition) is 2. The predicted octanol–water partition coefficient (Wildman–Crippen LogP) is 0.301. The molecule has 1 aliphatic rings. The summed E-state index contributed by atoms with van der Waals surface area (Å²) in [5, 5.41) is 5.34. The molecular formula is C11H14N2O3S. The van der Waals surface area contributed by atoms with Gasteiger partial charge in [0.2, 0.25) is 5.91 Å². The average Bonchev–Trinajstić information content (AvgIpc) is 2.67. The topological polar surface area (TPSA) is 67.4 Å². The molecule has 1 aromatic heterocycles. The maximum absolute atomic E-state index is 11.6. The van der Waals surface area contributed by atoms with Gasteiger partial charge >= 0.3 is 0 Å². The second kappa shape index (κ2) is 5.29. The molecule has 0 aliphatic carbocycles. The van der Waals surface area contributed by atoms with E-state index in [1.807, 2.05) is 13.0 Å². The number of carbonyl (C=O) groups excluding carboxylic acids is 2. The summed E-state index contributed by atoms with van der Waals surface area (Å²) in [5.41, 5.74) is 0. The quantitative estimate of drug-likeness (QED) is 0.812. The molecular weight excluding hydrogens is 240 g/mol. The maximum atomic E-state index is 11.6. The van der Waals surface area contributed by atoms with Gasteiger partial charge in [0.25, 0.3) is 5.91 Å². The number of carbonyl (C=O) groups is 2. The molecule has 2 amide bonds. The Balaban J connectivity index is 1.73. The molecule has 5 nitrogen and oxygen atoms in total. The Hall–Kier alpha value is -1.40. The van der Waals surface area contributed by atoms with Crippen LogP contribution in [0.2, 0.25) is 0 Å². The minimum absolute atomic E-state index is 0.00623. The van der Waals surface area contributed by atoms with Gasteiger partial charge in [0, 0.05) is 4.88 Å². The Morgan fingerprint density at radius 2 is 2.24 bits per heavy atom. The summed E-state index contributed by atoms with van der Waals surface area (Å²) in [5.74, 6) is -0.386. The first-order chi connectivity index (χ1) is 8.15. The standard InChI is InChI=1S/C11H14N2O3S/c1-7-2-3-9(17-7)11(15)12-4-10(14)13-8-5-16-6-8/h2-3,8H,4-6H2,1H3,(H,12,15)(H,13,14). The van der Waals surface area contributed by atoms with Crippen LogP contribution in [0.1, 0.15) is 14.5 Å². The third kappa shape index (κ3) is 3.28. The van der Waals surface area contributed by atoms with Crippen molar-refractivity contribution in [1.29, 1.82) is 0 Å². The van der Waals surface area contributed by atoms with Crippen LogP contribution in [-0.2, 0) is 9.53 Å². The highest BCUT2D eigenvalue weighted by Crippen LogP contribution is 2.14. The zero-order valence-electron chi connectivity index (χ0n) is 9.49. The van der Waals surface area contributed by atoms with Gasteiger partial charge in [0.1, 0.15) is 0 Å². The molecule has 1 aromatic rings. The van der Waals surface area contributed by atoms with Crippen LogP contribution in [0, 0.1) is 6.92 Å². The van der Waals surface area contributed by atoms with Crippen LogP contribution in [0.5, 0.6) is 0 Å². The van der Waals surface area contributed by atoms with Gasteiger partial charge in [-0.15, -0.1) is 11.3 Å². The second-order valence-electron chi connectivity index (χ2n) is 3.89. The van der Waals surface area contributed by atoms with Gasteiger partial charge in [-0.1, -0.05) is 0 Å². The molecule has 1 saturated heterocycles. The van der Waals surface area contributed by atoms with Gasteiger partial charge in [-0.2, -0.15) is 0 Å². The molecule has 0 saturated carbocycles. The highest BCUT2D eigenvalue weighted by atomic mass is 32.1. The van der Waals surface area contributed by atoms with Crippen molar-refractivity contribution >= 4 is 23.2 Å². The van der Waals surface area contributed by atoms with Gasteiger partial charge in [0.15, 0.2) is 0 Å².